The zero-order valence-electron chi connectivity index (χ0n) is 9.04. The van der Waals surface area contributed by atoms with Crippen LogP contribution < -0.4 is 5.32 Å². The van der Waals surface area contributed by atoms with Crippen LogP contribution in [0.1, 0.15) is 11.4 Å². The molecule has 0 amide bonds. The van der Waals surface area contributed by atoms with Crippen molar-refractivity contribution in [3.63, 3.8) is 0 Å². The standard InChI is InChI=1S/C11H10F3N3/c1-15-6-9-16-5-7-3-2-4-8(10(7)17-9)11(12,13)14/h2-5,15H,6H2,1H3. The van der Waals surface area contributed by atoms with Gasteiger partial charge >= 0.3 is 6.18 Å². The number of nitrogens with one attached hydrogen (secondary N) is 1. The highest BCUT2D eigenvalue weighted by atomic mass is 19.4. The van der Waals surface area contributed by atoms with Crippen LogP contribution in [0.3, 0.4) is 0 Å². The molecule has 1 heterocycles. The number of para-hydroxylation sites is 1. The van der Waals surface area contributed by atoms with Crippen molar-refractivity contribution in [1.82, 2.24) is 15.3 Å². The number of nitrogens with zero attached hydrogens (tertiary/aromatic N) is 2. The molecule has 0 aliphatic carbocycles. The summed E-state index contributed by atoms with van der Waals surface area (Å²) in [5, 5.41) is 3.19. The largest absolute Gasteiger partial charge is 0.418 e. The van der Waals surface area contributed by atoms with Crippen LogP contribution in [0.25, 0.3) is 10.9 Å². The van der Waals surface area contributed by atoms with Gasteiger partial charge in [-0.2, -0.15) is 13.2 Å². The van der Waals surface area contributed by atoms with Gasteiger partial charge in [0, 0.05) is 11.6 Å². The molecule has 0 saturated carbocycles. The molecule has 1 aromatic heterocycles. The van der Waals surface area contributed by atoms with E-state index in [2.05, 4.69) is 15.3 Å². The van der Waals surface area contributed by atoms with E-state index in [4.69, 9.17) is 0 Å². The zero-order chi connectivity index (χ0) is 12.5. The van der Waals surface area contributed by atoms with E-state index < -0.39 is 11.7 Å². The number of halogens is 3. The summed E-state index contributed by atoms with van der Waals surface area (Å²) in [7, 11) is 1.68. The van der Waals surface area contributed by atoms with Crippen LogP contribution in [-0.4, -0.2) is 17.0 Å². The molecule has 0 bridgehead atoms. The van der Waals surface area contributed by atoms with Crippen LogP contribution in [0.15, 0.2) is 24.4 Å². The Balaban J connectivity index is 2.64. The van der Waals surface area contributed by atoms with E-state index in [-0.39, 0.29) is 5.52 Å². The number of alkyl halides is 3. The summed E-state index contributed by atoms with van der Waals surface area (Å²) in [6.07, 6.45) is -2.99. The van der Waals surface area contributed by atoms with Crippen molar-refractivity contribution in [3.05, 3.63) is 35.8 Å². The Morgan fingerprint density at radius 2 is 2.06 bits per heavy atom. The fraction of sp³-hybridized carbons (Fsp3) is 0.273. The van der Waals surface area contributed by atoms with Gasteiger partial charge in [-0.1, -0.05) is 12.1 Å². The van der Waals surface area contributed by atoms with Crippen LogP contribution >= 0.6 is 0 Å². The van der Waals surface area contributed by atoms with Crippen molar-refractivity contribution in [3.8, 4) is 0 Å². The minimum Gasteiger partial charge on any atom is -0.313 e. The highest BCUT2D eigenvalue weighted by Crippen LogP contribution is 2.33. The first-order valence-electron chi connectivity index (χ1n) is 4.99. The van der Waals surface area contributed by atoms with Crippen LogP contribution in [0.4, 0.5) is 13.2 Å². The molecule has 0 saturated heterocycles. The van der Waals surface area contributed by atoms with E-state index in [1.807, 2.05) is 0 Å². The van der Waals surface area contributed by atoms with Crippen molar-refractivity contribution in [2.24, 2.45) is 0 Å². The third-order valence-electron chi connectivity index (χ3n) is 2.30. The van der Waals surface area contributed by atoms with E-state index >= 15 is 0 Å². The van der Waals surface area contributed by atoms with Gasteiger partial charge in [0.2, 0.25) is 0 Å². The molecule has 0 fully saturated rings. The number of fused-ring (bicyclic) bond motifs is 1. The van der Waals surface area contributed by atoms with Crippen molar-refractivity contribution >= 4 is 10.9 Å². The van der Waals surface area contributed by atoms with E-state index in [0.29, 0.717) is 17.8 Å². The fourth-order valence-electron chi connectivity index (χ4n) is 1.56. The van der Waals surface area contributed by atoms with Crippen LogP contribution in [0.2, 0.25) is 0 Å². The summed E-state index contributed by atoms with van der Waals surface area (Å²) in [5.41, 5.74) is -0.782. The normalized spacial score (nSPS) is 12.0. The van der Waals surface area contributed by atoms with E-state index in [0.717, 1.165) is 6.07 Å². The van der Waals surface area contributed by atoms with Gasteiger partial charge in [0.15, 0.2) is 0 Å². The summed E-state index contributed by atoms with van der Waals surface area (Å²) in [4.78, 5) is 7.92. The molecule has 0 unspecified atom stereocenters. The van der Waals surface area contributed by atoms with Gasteiger partial charge in [-0.25, -0.2) is 9.97 Å². The molecular weight excluding hydrogens is 231 g/mol. The number of rotatable bonds is 2. The van der Waals surface area contributed by atoms with E-state index in [1.54, 1.807) is 13.1 Å². The summed E-state index contributed by atoms with van der Waals surface area (Å²) in [6.45, 7) is 0.335. The Bertz CT molecular complexity index is 537. The number of hydrogen-bond donors (Lipinski definition) is 1. The van der Waals surface area contributed by atoms with Gasteiger partial charge in [-0.3, -0.25) is 0 Å². The first-order chi connectivity index (χ1) is 8.02. The maximum atomic E-state index is 12.8. The monoisotopic (exact) mass is 241 g/mol. The maximum absolute atomic E-state index is 12.8. The molecule has 1 N–H and O–H groups in total. The minimum absolute atomic E-state index is 0.0553. The number of hydrogen-bond acceptors (Lipinski definition) is 3. The summed E-state index contributed by atoms with van der Waals surface area (Å²) < 4.78 is 38.3. The van der Waals surface area contributed by atoms with Crippen LogP contribution in [-0.2, 0) is 12.7 Å². The first-order valence-corrected chi connectivity index (χ1v) is 4.99. The smallest absolute Gasteiger partial charge is 0.313 e. The van der Waals surface area contributed by atoms with Gasteiger partial charge in [0.1, 0.15) is 5.82 Å². The Labute approximate surface area is 95.7 Å². The Hall–Kier alpha value is -1.69. The average molecular weight is 241 g/mol. The van der Waals surface area contributed by atoms with Gasteiger partial charge < -0.3 is 5.32 Å². The zero-order valence-corrected chi connectivity index (χ0v) is 9.04. The highest BCUT2D eigenvalue weighted by Gasteiger charge is 2.33. The Morgan fingerprint density at radius 1 is 1.29 bits per heavy atom. The third-order valence-corrected chi connectivity index (χ3v) is 2.30. The minimum atomic E-state index is -4.40. The van der Waals surface area contributed by atoms with Crippen molar-refractivity contribution in [1.29, 1.82) is 0 Å². The van der Waals surface area contributed by atoms with Crippen LogP contribution in [0, 0.1) is 0 Å². The lowest BCUT2D eigenvalue weighted by molar-refractivity contribution is -0.136. The second kappa shape index (κ2) is 4.29. The van der Waals surface area contributed by atoms with Gasteiger partial charge in [-0.05, 0) is 13.1 Å². The molecule has 6 heteroatoms. The summed E-state index contributed by atoms with van der Waals surface area (Å²) in [5.74, 6) is 0.344. The van der Waals surface area contributed by atoms with E-state index in [9.17, 15) is 13.2 Å². The SMILES string of the molecule is CNCc1ncc2cccc(C(F)(F)F)c2n1. The second-order valence-corrected chi connectivity index (χ2v) is 3.56. The molecule has 0 aliphatic rings. The van der Waals surface area contributed by atoms with E-state index in [1.165, 1.54) is 12.3 Å². The van der Waals surface area contributed by atoms with Gasteiger partial charge in [0.25, 0.3) is 0 Å². The quantitative estimate of drug-likeness (QED) is 0.877. The Morgan fingerprint density at radius 3 is 2.71 bits per heavy atom. The predicted octanol–water partition coefficient (Wildman–Crippen LogP) is 2.37. The first kappa shape index (κ1) is 11.8. The molecule has 2 aromatic rings. The number of benzene rings is 1. The lowest BCUT2D eigenvalue weighted by atomic mass is 10.1. The predicted molar refractivity (Wildman–Crippen MR) is 57.3 cm³/mol. The van der Waals surface area contributed by atoms with Crippen molar-refractivity contribution in [2.75, 3.05) is 7.05 Å². The number of aromatic nitrogens is 2. The molecule has 90 valence electrons. The molecular formula is C11H10F3N3. The molecule has 3 nitrogen and oxygen atoms in total. The maximum Gasteiger partial charge on any atom is 0.418 e. The van der Waals surface area contributed by atoms with Crippen molar-refractivity contribution in [2.45, 2.75) is 12.7 Å². The lowest BCUT2D eigenvalue weighted by Gasteiger charge is -2.10. The van der Waals surface area contributed by atoms with Crippen molar-refractivity contribution < 1.29 is 13.2 Å². The highest BCUT2D eigenvalue weighted by molar-refractivity contribution is 5.81. The summed E-state index contributed by atoms with van der Waals surface area (Å²) >= 11 is 0. The molecule has 1 aromatic carbocycles. The molecule has 17 heavy (non-hydrogen) atoms. The topological polar surface area (TPSA) is 37.8 Å². The summed E-state index contributed by atoms with van der Waals surface area (Å²) in [6, 6.07) is 3.94. The Kier molecular flexibility index (Phi) is 2.97. The van der Waals surface area contributed by atoms with Gasteiger partial charge in [0.05, 0.1) is 17.6 Å². The molecule has 2 rings (SSSR count). The fourth-order valence-corrected chi connectivity index (χ4v) is 1.56. The second-order valence-electron chi connectivity index (χ2n) is 3.56. The molecule has 0 aliphatic heterocycles. The average Bonchev–Trinajstić information content (AvgIpc) is 2.27. The molecule has 0 radical (unpaired) electrons. The van der Waals surface area contributed by atoms with Gasteiger partial charge in [-0.15, -0.1) is 0 Å². The molecule has 0 spiro atoms. The third kappa shape index (κ3) is 2.36. The van der Waals surface area contributed by atoms with Crippen LogP contribution in [0.5, 0.6) is 0 Å². The lowest BCUT2D eigenvalue weighted by Crippen LogP contribution is -2.11. The molecule has 0 atom stereocenters.